The number of amides is 1. The summed E-state index contributed by atoms with van der Waals surface area (Å²) >= 11 is 0. The number of carbonyl (C=O) groups excluding carboxylic acids is 1. The topological polar surface area (TPSA) is 60.9 Å². The molecule has 0 aliphatic rings. The highest BCUT2D eigenvalue weighted by atomic mass is 16.1. The molecule has 0 unspecified atom stereocenters. The van der Waals surface area contributed by atoms with Crippen molar-refractivity contribution >= 4 is 12.0 Å². The molecular formula is C16H19N3O. The van der Waals surface area contributed by atoms with Crippen molar-refractivity contribution in [2.75, 3.05) is 0 Å². The minimum Gasteiger partial charge on any atom is -0.366 e. The van der Waals surface area contributed by atoms with Crippen molar-refractivity contribution < 1.29 is 4.79 Å². The van der Waals surface area contributed by atoms with Gasteiger partial charge in [-0.3, -0.25) is 9.48 Å². The van der Waals surface area contributed by atoms with E-state index in [4.69, 9.17) is 5.73 Å². The van der Waals surface area contributed by atoms with Crippen LogP contribution in [-0.4, -0.2) is 15.7 Å². The molecule has 1 heterocycles. The summed E-state index contributed by atoms with van der Waals surface area (Å²) in [6, 6.07) is 12.1. The zero-order chi connectivity index (χ0) is 14.5. The van der Waals surface area contributed by atoms with Gasteiger partial charge in [0.1, 0.15) is 0 Å². The maximum atomic E-state index is 10.9. The third-order valence-electron chi connectivity index (χ3n) is 3.02. The number of nitrogens with zero attached hydrogens (tertiary/aromatic N) is 2. The Bertz CT molecular complexity index is 612. The summed E-state index contributed by atoms with van der Waals surface area (Å²) in [5.41, 5.74) is 8.21. The van der Waals surface area contributed by atoms with Crippen LogP contribution in [0.2, 0.25) is 0 Å². The van der Waals surface area contributed by atoms with Crippen LogP contribution in [-0.2, 0) is 11.3 Å². The fraction of sp³-hybridized carbons (Fsp3) is 0.250. The van der Waals surface area contributed by atoms with Gasteiger partial charge < -0.3 is 5.73 Å². The van der Waals surface area contributed by atoms with E-state index in [-0.39, 0.29) is 0 Å². The standard InChI is InChI=1S/C16H19N3O/c1-12(2)15-10-14(8-9-16(17)20)19(18-15)11-13-6-4-3-5-7-13/h3-10,12H,11H2,1-2H3,(H2,17,20)/b9-8+. The highest BCUT2D eigenvalue weighted by Crippen LogP contribution is 2.17. The van der Waals surface area contributed by atoms with Gasteiger partial charge in [-0.05, 0) is 23.6 Å². The Morgan fingerprint density at radius 3 is 2.65 bits per heavy atom. The zero-order valence-corrected chi connectivity index (χ0v) is 11.8. The van der Waals surface area contributed by atoms with Crippen molar-refractivity contribution in [2.45, 2.75) is 26.3 Å². The minimum absolute atomic E-state index is 0.341. The van der Waals surface area contributed by atoms with Gasteiger partial charge in [0.05, 0.1) is 17.9 Å². The second-order valence-electron chi connectivity index (χ2n) is 5.03. The lowest BCUT2D eigenvalue weighted by Crippen LogP contribution is -2.07. The van der Waals surface area contributed by atoms with E-state index < -0.39 is 5.91 Å². The summed E-state index contributed by atoms with van der Waals surface area (Å²) < 4.78 is 1.89. The van der Waals surface area contributed by atoms with Gasteiger partial charge in [-0.15, -0.1) is 0 Å². The van der Waals surface area contributed by atoms with E-state index in [0.717, 1.165) is 11.4 Å². The summed E-state index contributed by atoms with van der Waals surface area (Å²) in [6.07, 6.45) is 3.08. The number of nitrogens with two attached hydrogens (primary N) is 1. The molecule has 104 valence electrons. The number of hydrogen-bond donors (Lipinski definition) is 1. The first-order chi connectivity index (χ1) is 9.56. The molecule has 0 atom stereocenters. The van der Waals surface area contributed by atoms with Gasteiger partial charge in [0, 0.05) is 6.08 Å². The molecule has 0 spiro atoms. The van der Waals surface area contributed by atoms with Crippen LogP contribution < -0.4 is 5.73 Å². The van der Waals surface area contributed by atoms with E-state index >= 15 is 0 Å². The average molecular weight is 269 g/mol. The average Bonchev–Trinajstić information content (AvgIpc) is 2.81. The molecule has 1 aromatic carbocycles. The Morgan fingerprint density at radius 1 is 1.35 bits per heavy atom. The Kier molecular flexibility index (Phi) is 4.35. The van der Waals surface area contributed by atoms with Gasteiger partial charge in [-0.1, -0.05) is 44.2 Å². The van der Waals surface area contributed by atoms with Gasteiger partial charge in [0.15, 0.2) is 0 Å². The first kappa shape index (κ1) is 14.1. The normalized spacial score (nSPS) is 11.3. The number of aromatic nitrogens is 2. The molecule has 0 saturated carbocycles. The Hall–Kier alpha value is -2.36. The van der Waals surface area contributed by atoms with Crippen molar-refractivity contribution in [1.29, 1.82) is 0 Å². The summed E-state index contributed by atoms with van der Waals surface area (Å²) in [5.74, 6) is -0.115. The lowest BCUT2D eigenvalue weighted by molar-refractivity contribution is -0.113. The Labute approximate surface area is 118 Å². The van der Waals surface area contributed by atoms with E-state index in [2.05, 4.69) is 31.1 Å². The molecule has 0 fully saturated rings. The number of benzene rings is 1. The predicted octanol–water partition coefficient (Wildman–Crippen LogP) is 2.55. The van der Waals surface area contributed by atoms with Crippen molar-refractivity contribution in [2.24, 2.45) is 5.73 Å². The molecule has 0 bridgehead atoms. The smallest absolute Gasteiger partial charge is 0.241 e. The van der Waals surface area contributed by atoms with Crippen molar-refractivity contribution in [1.82, 2.24) is 9.78 Å². The van der Waals surface area contributed by atoms with E-state index in [1.807, 2.05) is 28.9 Å². The highest BCUT2D eigenvalue weighted by Gasteiger charge is 2.09. The van der Waals surface area contributed by atoms with Crippen LogP contribution in [0, 0.1) is 0 Å². The van der Waals surface area contributed by atoms with E-state index in [1.54, 1.807) is 6.08 Å². The molecule has 4 nitrogen and oxygen atoms in total. The largest absolute Gasteiger partial charge is 0.366 e. The fourth-order valence-corrected chi connectivity index (χ4v) is 1.92. The molecule has 0 aliphatic carbocycles. The van der Waals surface area contributed by atoms with E-state index in [0.29, 0.717) is 12.5 Å². The molecule has 0 radical (unpaired) electrons. The SMILES string of the molecule is CC(C)c1cc(/C=C/C(N)=O)n(Cc2ccccc2)n1. The number of carbonyl (C=O) groups is 1. The van der Waals surface area contributed by atoms with Crippen LogP contribution in [0.25, 0.3) is 6.08 Å². The van der Waals surface area contributed by atoms with Crippen molar-refractivity contribution in [3.63, 3.8) is 0 Å². The summed E-state index contributed by atoms with van der Waals surface area (Å²) in [5, 5.41) is 4.60. The van der Waals surface area contributed by atoms with Gasteiger partial charge in [-0.2, -0.15) is 5.10 Å². The first-order valence-corrected chi connectivity index (χ1v) is 6.65. The molecule has 0 aliphatic heterocycles. The van der Waals surface area contributed by atoms with Crippen LogP contribution in [0.4, 0.5) is 0 Å². The third kappa shape index (κ3) is 3.57. The molecule has 2 aromatic rings. The molecule has 20 heavy (non-hydrogen) atoms. The van der Waals surface area contributed by atoms with Gasteiger partial charge in [0.2, 0.25) is 5.91 Å². The van der Waals surface area contributed by atoms with Crippen LogP contribution in [0.5, 0.6) is 0 Å². The summed E-state index contributed by atoms with van der Waals surface area (Å²) in [7, 11) is 0. The fourth-order valence-electron chi connectivity index (χ4n) is 1.92. The Balaban J connectivity index is 2.32. The molecule has 4 heteroatoms. The maximum Gasteiger partial charge on any atom is 0.241 e. The predicted molar refractivity (Wildman–Crippen MR) is 80.1 cm³/mol. The second kappa shape index (κ2) is 6.19. The van der Waals surface area contributed by atoms with Crippen LogP contribution in [0.3, 0.4) is 0 Å². The van der Waals surface area contributed by atoms with Crippen molar-refractivity contribution in [3.05, 3.63) is 59.4 Å². The van der Waals surface area contributed by atoms with Gasteiger partial charge in [0.25, 0.3) is 0 Å². The summed E-state index contributed by atoms with van der Waals surface area (Å²) in [4.78, 5) is 10.9. The van der Waals surface area contributed by atoms with Crippen molar-refractivity contribution in [3.8, 4) is 0 Å². The van der Waals surface area contributed by atoms with Gasteiger partial charge in [-0.25, -0.2) is 0 Å². The lowest BCUT2D eigenvalue weighted by Gasteiger charge is -2.05. The van der Waals surface area contributed by atoms with Crippen LogP contribution in [0.1, 0.15) is 36.7 Å². The second-order valence-corrected chi connectivity index (χ2v) is 5.03. The quantitative estimate of drug-likeness (QED) is 0.848. The summed E-state index contributed by atoms with van der Waals surface area (Å²) in [6.45, 7) is 4.86. The minimum atomic E-state index is -0.455. The number of hydrogen-bond acceptors (Lipinski definition) is 2. The van der Waals surface area contributed by atoms with Crippen LogP contribution >= 0.6 is 0 Å². The van der Waals surface area contributed by atoms with E-state index in [1.165, 1.54) is 11.6 Å². The monoisotopic (exact) mass is 269 g/mol. The lowest BCUT2D eigenvalue weighted by atomic mass is 10.1. The van der Waals surface area contributed by atoms with Gasteiger partial charge >= 0.3 is 0 Å². The molecule has 2 N–H and O–H groups in total. The molecule has 2 rings (SSSR count). The zero-order valence-electron chi connectivity index (χ0n) is 11.8. The third-order valence-corrected chi connectivity index (χ3v) is 3.02. The van der Waals surface area contributed by atoms with Crippen LogP contribution in [0.15, 0.2) is 42.5 Å². The maximum absolute atomic E-state index is 10.9. The molecular weight excluding hydrogens is 250 g/mol. The highest BCUT2D eigenvalue weighted by molar-refractivity contribution is 5.90. The molecule has 1 aromatic heterocycles. The number of primary amides is 1. The van der Waals surface area contributed by atoms with E-state index in [9.17, 15) is 4.79 Å². The Morgan fingerprint density at radius 2 is 2.05 bits per heavy atom. The molecule has 1 amide bonds. The molecule has 0 saturated heterocycles. The number of rotatable bonds is 5. The first-order valence-electron chi connectivity index (χ1n) is 6.65.